The van der Waals surface area contributed by atoms with E-state index in [-0.39, 0.29) is 11.7 Å². The number of halogens is 2. The van der Waals surface area contributed by atoms with Gasteiger partial charge in [-0.25, -0.2) is 9.37 Å². The second-order valence-electron chi connectivity index (χ2n) is 3.47. The predicted octanol–water partition coefficient (Wildman–Crippen LogP) is 3.06. The van der Waals surface area contributed by atoms with Gasteiger partial charge in [0, 0.05) is 23.9 Å². The Hall–Kier alpha value is -1.95. The number of nitrogen functional groups attached to an aromatic ring is 1. The lowest BCUT2D eigenvalue weighted by atomic mass is 10.2. The molecule has 0 aliphatic rings. The molecule has 1 aromatic carbocycles. The standard InChI is InChI=1S/C12H9BrFN3O/c13-9-2-1-8(6-10(9)14)18-11-5-7(12(15)16)3-4-17-11/h1-6H,(H3,15,16). The molecule has 0 saturated heterocycles. The van der Waals surface area contributed by atoms with Gasteiger partial charge in [-0.15, -0.1) is 0 Å². The third-order valence-electron chi connectivity index (χ3n) is 2.16. The monoisotopic (exact) mass is 309 g/mol. The van der Waals surface area contributed by atoms with Crippen molar-refractivity contribution in [3.8, 4) is 11.6 Å². The van der Waals surface area contributed by atoms with Crippen molar-refractivity contribution in [2.24, 2.45) is 5.73 Å². The van der Waals surface area contributed by atoms with Crippen LogP contribution in [0.4, 0.5) is 4.39 Å². The molecule has 0 amide bonds. The number of nitrogens with two attached hydrogens (primary N) is 1. The average Bonchev–Trinajstić information content (AvgIpc) is 2.34. The minimum atomic E-state index is -0.421. The van der Waals surface area contributed by atoms with E-state index < -0.39 is 5.82 Å². The molecule has 2 aromatic rings. The Kier molecular flexibility index (Phi) is 3.57. The Morgan fingerprint density at radius 2 is 2.11 bits per heavy atom. The highest BCUT2D eigenvalue weighted by Crippen LogP contribution is 2.24. The molecule has 2 rings (SSSR count). The molecular formula is C12H9BrFN3O. The summed E-state index contributed by atoms with van der Waals surface area (Å²) in [7, 11) is 0. The van der Waals surface area contributed by atoms with Crippen LogP contribution in [0.25, 0.3) is 0 Å². The Morgan fingerprint density at radius 3 is 2.78 bits per heavy atom. The zero-order chi connectivity index (χ0) is 13.1. The SMILES string of the molecule is N=C(N)c1ccnc(Oc2ccc(Br)c(F)c2)c1. The van der Waals surface area contributed by atoms with E-state index in [1.165, 1.54) is 18.3 Å². The van der Waals surface area contributed by atoms with Crippen molar-refractivity contribution in [1.82, 2.24) is 4.98 Å². The maximum atomic E-state index is 13.3. The number of nitrogens with zero attached hydrogens (tertiary/aromatic N) is 1. The van der Waals surface area contributed by atoms with Crippen LogP contribution in [0.3, 0.4) is 0 Å². The van der Waals surface area contributed by atoms with Gasteiger partial charge in [0.1, 0.15) is 17.4 Å². The third-order valence-corrected chi connectivity index (χ3v) is 2.80. The van der Waals surface area contributed by atoms with Crippen LogP contribution in [0.2, 0.25) is 0 Å². The minimum absolute atomic E-state index is 0.0794. The molecule has 4 nitrogen and oxygen atoms in total. The number of amidine groups is 1. The van der Waals surface area contributed by atoms with Gasteiger partial charge in [-0.3, -0.25) is 5.41 Å². The van der Waals surface area contributed by atoms with Gasteiger partial charge in [0.25, 0.3) is 0 Å². The molecule has 0 saturated carbocycles. The zero-order valence-electron chi connectivity index (χ0n) is 9.15. The Bertz CT molecular complexity index is 604. The summed E-state index contributed by atoms with van der Waals surface area (Å²) >= 11 is 3.05. The van der Waals surface area contributed by atoms with Gasteiger partial charge < -0.3 is 10.5 Å². The van der Waals surface area contributed by atoms with Crippen LogP contribution in [0, 0.1) is 11.2 Å². The van der Waals surface area contributed by atoms with E-state index in [0.717, 1.165) is 0 Å². The van der Waals surface area contributed by atoms with Crippen LogP contribution in [-0.4, -0.2) is 10.8 Å². The first kappa shape index (κ1) is 12.5. The van der Waals surface area contributed by atoms with Crippen molar-refractivity contribution in [2.45, 2.75) is 0 Å². The molecule has 0 unspecified atom stereocenters. The van der Waals surface area contributed by atoms with Crippen molar-refractivity contribution in [3.05, 3.63) is 52.4 Å². The van der Waals surface area contributed by atoms with E-state index in [1.807, 2.05) is 0 Å². The van der Waals surface area contributed by atoms with E-state index in [2.05, 4.69) is 20.9 Å². The lowest BCUT2D eigenvalue weighted by Gasteiger charge is -2.06. The maximum Gasteiger partial charge on any atom is 0.219 e. The maximum absolute atomic E-state index is 13.3. The second kappa shape index (κ2) is 5.14. The molecule has 0 bridgehead atoms. The smallest absolute Gasteiger partial charge is 0.219 e. The molecule has 0 aliphatic carbocycles. The van der Waals surface area contributed by atoms with Crippen molar-refractivity contribution in [1.29, 1.82) is 5.41 Å². The quantitative estimate of drug-likeness (QED) is 0.676. The molecular weight excluding hydrogens is 301 g/mol. The summed E-state index contributed by atoms with van der Waals surface area (Å²) in [6.45, 7) is 0. The summed E-state index contributed by atoms with van der Waals surface area (Å²) in [6.07, 6.45) is 1.47. The summed E-state index contributed by atoms with van der Waals surface area (Å²) in [5.74, 6) is 0.0767. The summed E-state index contributed by atoms with van der Waals surface area (Å²) < 4.78 is 19.0. The van der Waals surface area contributed by atoms with Gasteiger partial charge in [0.15, 0.2) is 0 Å². The average molecular weight is 310 g/mol. The predicted molar refractivity (Wildman–Crippen MR) is 69.4 cm³/mol. The minimum Gasteiger partial charge on any atom is -0.439 e. The number of aromatic nitrogens is 1. The van der Waals surface area contributed by atoms with Crippen LogP contribution in [0.1, 0.15) is 5.56 Å². The number of rotatable bonds is 3. The highest BCUT2D eigenvalue weighted by Gasteiger charge is 2.05. The molecule has 0 spiro atoms. The van der Waals surface area contributed by atoms with Crippen molar-refractivity contribution < 1.29 is 9.13 Å². The third kappa shape index (κ3) is 2.84. The van der Waals surface area contributed by atoms with Crippen molar-refractivity contribution in [2.75, 3.05) is 0 Å². The van der Waals surface area contributed by atoms with Gasteiger partial charge in [-0.2, -0.15) is 0 Å². The van der Waals surface area contributed by atoms with Gasteiger partial charge in [0.05, 0.1) is 4.47 Å². The topological polar surface area (TPSA) is 72.0 Å². The van der Waals surface area contributed by atoms with E-state index in [9.17, 15) is 4.39 Å². The molecule has 0 aliphatic heterocycles. The molecule has 92 valence electrons. The Labute approximate surface area is 111 Å². The number of pyridine rings is 1. The summed E-state index contributed by atoms with van der Waals surface area (Å²) in [5, 5.41) is 7.30. The fraction of sp³-hybridized carbons (Fsp3) is 0. The zero-order valence-corrected chi connectivity index (χ0v) is 10.7. The summed E-state index contributed by atoms with van der Waals surface area (Å²) in [4.78, 5) is 3.96. The van der Waals surface area contributed by atoms with Crippen LogP contribution < -0.4 is 10.5 Å². The molecule has 1 aromatic heterocycles. The first-order valence-corrected chi connectivity index (χ1v) is 5.79. The van der Waals surface area contributed by atoms with Crippen LogP contribution in [-0.2, 0) is 0 Å². The molecule has 6 heteroatoms. The largest absolute Gasteiger partial charge is 0.439 e. The normalized spacial score (nSPS) is 10.1. The molecule has 18 heavy (non-hydrogen) atoms. The van der Waals surface area contributed by atoms with Gasteiger partial charge in [0.2, 0.25) is 5.88 Å². The Morgan fingerprint density at radius 1 is 1.33 bits per heavy atom. The highest BCUT2D eigenvalue weighted by molar-refractivity contribution is 9.10. The van der Waals surface area contributed by atoms with E-state index in [4.69, 9.17) is 15.9 Å². The number of benzene rings is 1. The fourth-order valence-electron chi connectivity index (χ4n) is 1.29. The molecule has 1 heterocycles. The number of hydrogen-bond donors (Lipinski definition) is 2. The number of nitrogens with one attached hydrogen (secondary N) is 1. The van der Waals surface area contributed by atoms with E-state index in [1.54, 1.807) is 18.2 Å². The van der Waals surface area contributed by atoms with Gasteiger partial charge >= 0.3 is 0 Å². The lowest BCUT2D eigenvalue weighted by Crippen LogP contribution is -2.11. The highest BCUT2D eigenvalue weighted by atomic mass is 79.9. The van der Waals surface area contributed by atoms with Crippen molar-refractivity contribution >= 4 is 21.8 Å². The van der Waals surface area contributed by atoms with Gasteiger partial charge in [-0.05, 0) is 34.1 Å². The molecule has 0 atom stereocenters. The van der Waals surface area contributed by atoms with Crippen LogP contribution in [0.15, 0.2) is 41.0 Å². The summed E-state index contributed by atoms with van der Waals surface area (Å²) in [6, 6.07) is 7.50. The number of ether oxygens (including phenoxy) is 1. The fourth-order valence-corrected chi connectivity index (χ4v) is 1.54. The Balaban J connectivity index is 2.25. The lowest BCUT2D eigenvalue weighted by molar-refractivity contribution is 0.457. The molecule has 0 fully saturated rings. The molecule has 0 radical (unpaired) electrons. The first-order valence-electron chi connectivity index (χ1n) is 4.99. The summed E-state index contributed by atoms with van der Waals surface area (Å²) in [5.41, 5.74) is 5.85. The van der Waals surface area contributed by atoms with Crippen molar-refractivity contribution in [3.63, 3.8) is 0 Å². The molecule has 3 N–H and O–H groups in total. The van der Waals surface area contributed by atoms with Gasteiger partial charge in [-0.1, -0.05) is 0 Å². The van der Waals surface area contributed by atoms with E-state index in [0.29, 0.717) is 15.8 Å². The van der Waals surface area contributed by atoms with Crippen LogP contribution >= 0.6 is 15.9 Å². The first-order chi connectivity index (χ1) is 8.56. The van der Waals surface area contributed by atoms with E-state index >= 15 is 0 Å². The number of hydrogen-bond acceptors (Lipinski definition) is 3. The second-order valence-corrected chi connectivity index (χ2v) is 4.33. The van der Waals surface area contributed by atoms with Crippen LogP contribution in [0.5, 0.6) is 11.6 Å².